The molecule has 7 nitrogen and oxygen atoms in total. The Hall–Kier alpha value is -3.06. The molecule has 1 N–H and O–H groups in total. The summed E-state index contributed by atoms with van der Waals surface area (Å²) in [7, 11) is 0. The van der Waals surface area contributed by atoms with Crippen LogP contribution in [0.1, 0.15) is 43.9 Å². The normalized spacial score (nSPS) is 18.2. The van der Waals surface area contributed by atoms with E-state index in [0.29, 0.717) is 42.5 Å². The van der Waals surface area contributed by atoms with Gasteiger partial charge >= 0.3 is 0 Å². The fraction of sp³-hybridized carbons (Fsp3) is 0.417. The minimum absolute atomic E-state index is 0.0348. The standard InChI is InChI=1S/C24H30N2O5/c1-5-25(6-2)13-14-26-21(19-12-11-16(4)31-19)20(23(28)24(26)29)22(27)17-9-8-10-18(15-17)30-7-3/h8-12,15,21,27H,5-7,13-14H2,1-4H3. The molecule has 0 spiro atoms. The Morgan fingerprint density at radius 3 is 2.52 bits per heavy atom. The van der Waals surface area contributed by atoms with E-state index < -0.39 is 17.7 Å². The first kappa shape index (κ1) is 22.6. The van der Waals surface area contributed by atoms with Crippen LogP contribution in [0, 0.1) is 6.92 Å². The quantitative estimate of drug-likeness (QED) is 0.374. The molecule has 1 aromatic carbocycles. The number of hydrogen-bond donors (Lipinski definition) is 1. The molecule has 1 aromatic heterocycles. The summed E-state index contributed by atoms with van der Waals surface area (Å²) in [6, 6.07) is 9.62. The summed E-state index contributed by atoms with van der Waals surface area (Å²) in [6.45, 7) is 10.9. The minimum Gasteiger partial charge on any atom is -0.507 e. The van der Waals surface area contributed by atoms with Crippen molar-refractivity contribution in [1.29, 1.82) is 0 Å². The van der Waals surface area contributed by atoms with Gasteiger partial charge in [-0.2, -0.15) is 0 Å². The number of ketones is 1. The molecule has 0 bridgehead atoms. The Morgan fingerprint density at radius 2 is 1.90 bits per heavy atom. The SMILES string of the molecule is CCOc1cccc(C(O)=C2C(=O)C(=O)N(CCN(CC)CC)C2c2ccc(C)o2)c1. The Balaban J connectivity index is 2.06. The molecule has 1 aliphatic heterocycles. The highest BCUT2D eigenvalue weighted by atomic mass is 16.5. The first-order chi connectivity index (χ1) is 14.9. The molecule has 1 amide bonds. The van der Waals surface area contributed by atoms with E-state index in [2.05, 4.69) is 18.7 Å². The van der Waals surface area contributed by atoms with Crippen LogP contribution in [0.3, 0.4) is 0 Å². The molecule has 7 heteroatoms. The lowest BCUT2D eigenvalue weighted by Gasteiger charge is -2.26. The van der Waals surface area contributed by atoms with Gasteiger partial charge in [0.05, 0.1) is 12.2 Å². The number of likely N-dealkylation sites (N-methyl/N-ethyl adjacent to an activating group) is 1. The predicted octanol–water partition coefficient (Wildman–Crippen LogP) is 3.75. The zero-order valence-electron chi connectivity index (χ0n) is 18.6. The van der Waals surface area contributed by atoms with Crippen LogP contribution in [0.4, 0.5) is 0 Å². The van der Waals surface area contributed by atoms with E-state index in [1.807, 2.05) is 6.92 Å². The summed E-state index contributed by atoms with van der Waals surface area (Å²) >= 11 is 0. The summed E-state index contributed by atoms with van der Waals surface area (Å²) in [4.78, 5) is 29.6. The van der Waals surface area contributed by atoms with E-state index in [4.69, 9.17) is 9.15 Å². The van der Waals surface area contributed by atoms with Crippen LogP contribution in [0.25, 0.3) is 5.76 Å². The molecule has 0 aliphatic carbocycles. The van der Waals surface area contributed by atoms with Crippen LogP contribution in [-0.2, 0) is 9.59 Å². The second-order valence-electron chi connectivity index (χ2n) is 7.43. The number of likely N-dealkylation sites (tertiary alicyclic amines) is 1. The minimum atomic E-state index is -0.778. The molecule has 1 atom stereocenters. The molecular weight excluding hydrogens is 396 g/mol. The van der Waals surface area contributed by atoms with Crippen molar-refractivity contribution in [2.24, 2.45) is 0 Å². The van der Waals surface area contributed by atoms with Gasteiger partial charge in [0, 0.05) is 18.7 Å². The maximum Gasteiger partial charge on any atom is 0.295 e. The van der Waals surface area contributed by atoms with E-state index in [0.717, 1.165) is 13.1 Å². The van der Waals surface area contributed by atoms with Crippen molar-refractivity contribution in [3.63, 3.8) is 0 Å². The van der Waals surface area contributed by atoms with Crippen LogP contribution in [-0.4, -0.2) is 59.4 Å². The molecule has 1 saturated heterocycles. The van der Waals surface area contributed by atoms with Crippen molar-refractivity contribution in [2.75, 3.05) is 32.8 Å². The molecule has 3 rings (SSSR count). The Labute approximate surface area is 182 Å². The van der Waals surface area contributed by atoms with E-state index in [-0.39, 0.29) is 11.3 Å². The van der Waals surface area contributed by atoms with E-state index >= 15 is 0 Å². The van der Waals surface area contributed by atoms with Gasteiger partial charge in [0.25, 0.3) is 11.7 Å². The van der Waals surface area contributed by atoms with Crippen LogP contribution in [0.15, 0.2) is 46.4 Å². The van der Waals surface area contributed by atoms with Crippen molar-refractivity contribution >= 4 is 17.4 Å². The number of carbonyl (C=O) groups excluding carboxylic acids is 2. The maximum absolute atomic E-state index is 13.0. The number of carbonyl (C=O) groups is 2. The van der Waals surface area contributed by atoms with Crippen LogP contribution in [0.2, 0.25) is 0 Å². The fourth-order valence-corrected chi connectivity index (χ4v) is 3.85. The zero-order chi connectivity index (χ0) is 22.5. The molecular formula is C24H30N2O5. The lowest BCUT2D eigenvalue weighted by atomic mass is 9.99. The summed E-state index contributed by atoms with van der Waals surface area (Å²) in [6.07, 6.45) is 0. The number of furan rings is 1. The zero-order valence-corrected chi connectivity index (χ0v) is 18.6. The molecule has 166 valence electrons. The topological polar surface area (TPSA) is 83.2 Å². The summed E-state index contributed by atoms with van der Waals surface area (Å²) in [5, 5.41) is 11.1. The maximum atomic E-state index is 13.0. The molecule has 2 heterocycles. The third-order valence-corrected chi connectivity index (χ3v) is 5.54. The largest absolute Gasteiger partial charge is 0.507 e. The first-order valence-electron chi connectivity index (χ1n) is 10.7. The van der Waals surface area contributed by atoms with Crippen molar-refractivity contribution < 1.29 is 23.8 Å². The molecule has 0 radical (unpaired) electrons. The van der Waals surface area contributed by atoms with E-state index in [1.165, 1.54) is 4.90 Å². The number of aliphatic hydroxyl groups excluding tert-OH is 1. The van der Waals surface area contributed by atoms with Crippen molar-refractivity contribution in [3.8, 4) is 5.75 Å². The Bertz CT molecular complexity index is 974. The predicted molar refractivity (Wildman–Crippen MR) is 118 cm³/mol. The number of amides is 1. The van der Waals surface area contributed by atoms with Gasteiger partial charge in [-0.1, -0.05) is 26.0 Å². The molecule has 2 aromatic rings. The number of aliphatic hydroxyl groups is 1. The summed E-state index contributed by atoms with van der Waals surface area (Å²) in [5.74, 6) is 0.130. The summed E-state index contributed by atoms with van der Waals surface area (Å²) in [5.41, 5.74) is 0.452. The van der Waals surface area contributed by atoms with Gasteiger partial charge in [-0.15, -0.1) is 0 Å². The average Bonchev–Trinajstić information content (AvgIpc) is 3.30. The van der Waals surface area contributed by atoms with E-state index in [1.54, 1.807) is 43.3 Å². The van der Waals surface area contributed by atoms with Gasteiger partial charge < -0.3 is 24.1 Å². The van der Waals surface area contributed by atoms with Crippen LogP contribution in [0.5, 0.6) is 5.75 Å². The van der Waals surface area contributed by atoms with Gasteiger partial charge in [0.1, 0.15) is 29.1 Å². The molecule has 1 fully saturated rings. The van der Waals surface area contributed by atoms with E-state index in [9.17, 15) is 14.7 Å². The number of aryl methyl sites for hydroxylation is 1. The van der Waals surface area contributed by atoms with Gasteiger partial charge in [0.2, 0.25) is 0 Å². The highest BCUT2D eigenvalue weighted by Crippen LogP contribution is 2.40. The molecule has 1 unspecified atom stereocenters. The second-order valence-corrected chi connectivity index (χ2v) is 7.43. The third kappa shape index (κ3) is 4.66. The number of nitrogens with zero attached hydrogens (tertiary/aromatic N) is 2. The van der Waals surface area contributed by atoms with Gasteiger partial charge in [-0.3, -0.25) is 9.59 Å². The number of rotatable bonds is 9. The smallest absolute Gasteiger partial charge is 0.295 e. The number of hydrogen-bond acceptors (Lipinski definition) is 6. The van der Waals surface area contributed by atoms with Gasteiger partial charge in [-0.25, -0.2) is 0 Å². The molecule has 1 aliphatic rings. The molecule has 31 heavy (non-hydrogen) atoms. The Morgan fingerprint density at radius 1 is 1.16 bits per heavy atom. The fourth-order valence-electron chi connectivity index (χ4n) is 3.85. The second kappa shape index (κ2) is 9.83. The lowest BCUT2D eigenvalue weighted by molar-refractivity contribution is -0.140. The highest BCUT2D eigenvalue weighted by molar-refractivity contribution is 6.46. The number of ether oxygens (including phenoxy) is 1. The average molecular weight is 427 g/mol. The number of benzene rings is 1. The van der Waals surface area contributed by atoms with Gasteiger partial charge in [-0.05, 0) is 51.2 Å². The lowest BCUT2D eigenvalue weighted by Crippen LogP contribution is -2.37. The number of Topliss-reactive ketones (excluding diaryl/α,β-unsaturated/α-hetero) is 1. The molecule has 0 saturated carbocycles. The summed E-state index contributed by atoms with van der Waals surface area (Å²) < 4.78 is 11.3. The van der Waals surface area contributed by atoms with Crippen LogP contribution < -0.4 is 4.74 Å². The first-order valence-corrected chi connectivity index (χ1v) is 10.7. The third-order valence-electron chi connectivity index (χ3n) is 5.54. The van der Waals surface area contributed by atoms with Crippen molar-refractivity contribution in [1.82, 2.24) is 9.80 Å². The van der Waals surface area contributed by atoms with Crippen LogP contribution >= 0.6 is 0 Å². The monoisotopic (exact) mass is 426 g/mol. The highest BCUT2D eigenvalue weighted by Gasteiger charge is 2.47. The van der Waals surface area contributed by atoms with Crippen molar-refractivity contribution in [3.05, 3.63) is 59.1 Å². The van der Waals surface area contributed by atoms with Crippen molar-refractivity contribution in [2.45, 2.75) is 33.7 Å². The Kier molecular flexibility index (Phi) is 7.17. The van der Waals surface area contributed by atoms with Gasteiger partial charge in [0.15, 0.2) is 0 Å².